The second-order valence-electron chi connectivity index (χ2n) is 6.58. The summed E-state index contributed by atoms with van der Waals surface area (Å²) in [6.45, 7) is 0. The molecule has 1 aromatic heterocycles. The fourth-order valence-electron chi connectivity index (χ4n) is 3.34. The van der Waals surface area contributed by atoms with Gasteiger partial charge in [-0.1, -0.05) is 23.2 Å². The van der Waals surface area contributed by atoms with Crippen molar-refractivity contribution in [1.29, 1.82) is 0 Å². The summed E-state index contributed by atoms with van der Waals surface area (Å²) in [6, 6.07) is 3.00. The van der Waals surface area contributed by atoms with Crippen molar-refractivity contribution in [2.24, 2.45) is 0 Å². The van der Waals surface area contributed by atoms with Gasteiger partial charge in [-0.3, -0.25) is 0 Å². The molecule has 4 aromatic rings. The molecule has 0 amide bonds. The van der Waals surface area contributed by atoms with E-state index < -0.39 is 5.97 Å². The van der Waals surface area contributed by atoms with Crippen molar-refractivity contribution < 1.29 is 54.1 Å². The summed E-state index contributed by atoms with van der Waals surface area (Å²) in [4.78, 5) is 12.4. The predicted molar refractivity (Wildman–Crippen MR) is 160 cm³/mol. The van der Waals surface area contributed by atoms with E-state index in [9.17, 15) is 20.1 Å². The number of hydrogen-bond donors (Lipinski definition) is 3. The molecule has 0 saturated heterocycles. The molecule has 0 aliphatic carbocycles. The van der Waals surface area contributed by atoms with Gasteiger partial charge in [0.2, 0.25) is 0 Å². The minimum atomic E-state index is -1.19. The largest absolute Gasteiger partial charge is 1.00 e. The van der Waals surface area contributed by atoms with Gasteiger partial charge in [0, 0.05) is 29.0 Å². The third-order valence-corrected chi connectivity index (χ3v) is 12.1. The molecule has 1 heterocycles. The topological polar surface area (TPSA) is 89.1 Å². The molecule has 5 nitrogen and oxygen atoms in total. The standard InChI is InChI=1S/C20H4Br4Cl2I2O5.Na/c21-10-8(9(20(31)32)11(22)13(24)12(10)23)7-3-1-5(25)16(29)14(27)18(3)33-19-4(7)2-6(26)17(30)15(19)28;/h1-2H,(H2-,29,30,31,32);/q;+1/p+1. The van der Waals surface area contributed by atoms with Gasteiger partial charge in [0.15, 0.2) is 18.6 Å². The molecule has 0 aliphatic heterocycles. The number of carboxylic acids is 1. The van der Waals surface area contributed by atoms with Crippen molar-refractivity contribution in [2.45, 2.75) is 0 Å². The van der Waals surface area contributed by atoms with Gasteiger partial charge in [-0.25, -0.2) is 9.21 Å². The van der Waals surface area contributed by atoms with Crippen molar-refractivity contribution in [2.75, 3.05) is 0 Å². The summed E-state index contributed by atoms with van der Waals surface area (Å²) in [7, 11) is 0. The molecular formula is C20H5Br4Cl2I2NaO5+2. The number of rotatable bonds is 2. The van der Waals surface area contributed by atoms with E-state index in [0.29, 0.717) is 46.9 Å². The van der Waals surface area contributed by atoms with Crippen LogP contribution in [-0.4, -0.2) is 21.3 Å². The number of aromatic carboxylic acids is 1. The summed E-state index contributed by atoms with van der Waals surface area (Å²) in [5, 5.41) is 32.0. The smallest absolute Gasteiger partial charge is 0.505 e. The monoisotopic (exact) mass is 987 g/mol. The van der Waals surface area contributed by atoms with E-state index in [-0.39, 0.29) is 67.8 Å². The van der Waals surface area contributed by atoms with Crippen LogP contribution < -0.4 is 29.6 Å². The van der Waals surface area contributed by atoms with Gasteiger partial charge in [-0.2, -0.15) is 0 Å². The minimum Gasteiger partial charge on any atom is -0.505 e. The second kappa shape index (κ2) is 11.2. The number of phenols is 2. The first-order valence-corrected chi connectivity index (χ1v) is 14.5. The van der Waals surface area contributed by atoms with Crippen molar-refractivity contribution >= 4 is 160 Å². The molecule has 3 aromatic carbocycles. The van der Waals surface area contributed by atoms with Crippen molar-refractivity contribution in [3.05, 3.63) is 52.8 Å². The zero-order valence-electron chi connectivity index (χ0n) is 16.3. The van der Waals surface area contributed by atoms with Gasteiger partial charge < -0.3 is 15.3 Å². The van der Waals surface area contributed by atoms with Crippen LogP contribution in [-0.2, 0) is 0 Å². The predicted octanol–water partition coefficient (Wildman–Crippen LogP) is 7.21. The summed E-state index contributed by atoms with van der Waals surface area (Å²) >= 11 is 30.2. The third kappa shape index (κ3) is 4.79. The molecule has 34 heavy (non-hydrogen) atoms. The number of carbonyl (C=O) groups is 1. The van der Waals surface area contributed by atoms with Crippen LogP contribution in [0.1, 0.15) is 10.4 Å². The van der Waals surface area contributed by atoms with Crippen LogP contribution in [0.3, 0.4) is 0 Å². The molecule has 0 atom stereocenters. The Morgan fingerprint density at radius 3 is 1.62 bits per heavy atom. The van der Waals surface area contributed by atoms with Gasteiger partial charge >= 0.3 is 46.7 Å². The van der Waals surface area contributed by atoms with Crippen LogP contribution >= 0.6 is 132 Å². The molecule has 0 spiro atoms. The molecule has 0 bridgehead atoms. The van der Waals surface area contributed by atoms with Crippen LogP contribution in [0.25, 0.3) is 33.1 Å². The Hall–Kier alpha value is 1.36. The van der Waals surface area contributed by atoms with Crippen molar-refractivity contribution in [3.63, 3.8) is 0 Å². The summed E-state index contributed by atoms with van der Waals surface area (Å²) in [5.74, 6) is -1.54. The van der Waals surface area contributed by atoms with Gasteiger partial charge in [0.25, 0.3) is 0 Å². The zero-order valence-corrected chi connectivity index (χ0v) is 30.5. The van der Waals surface area contributed by atoms with Crippen molar-refractivity contribution in [1.82, 2.24) is 0 Å². The van der Waals surface area contributed by atoms with Gasteiger partial charge in [0.1, 0.15) is 0 Å². The number of aromatic hydroxyl groups is 2. The number of hydrogen-bond acceptors (Lipinski definition) is 3. The fraction of sp³-hybridized carbons (Fsp3) is 0. The van der Waals surface area contributed by atoms with E-state index in [0.717, 1.165) is 0 Å². The fourth-order valence-corrected chi connectivity index (χ4v) is 7.93. The second-order valence-corrected chi connectivity index (χ2v) is 12.7. The Morgan fingerprint density at radius 2 is 1.21 bits per heavy atom. The van der Waals surface area contributed by atoms with Gasteiger partial charge in [-0.05, 0) is 121 Å². The average molecular weight is 993 g/mol. The number of halogens is 8. The first kappa shape index (κ1) is 29.9. The van der Waals surface area contributed by atoms with Crippen molar-refractivity contribution in [3.8, 4) is 22.6 Å². The molecule has 170 valence electrons. The number of phenolic OH excluding ortho intramolecular Hbond substituents is 2. The van der Waals surface area contributed by atoms with Crippen LogP contribution in [0.2, 0.25) is 10.0 Å². The zero-order chi connectivity index (χ0) is 24.5. The Labute approximate surface area is 285 Å². The summed E-state index contributed by atoms with van der Waals surface area (Å²) < 4.78 is 8.59. The van der Waals surface area contributed by atoms with E-state index in [1.807, 2.05) is 45.2 Å². The molecule has 0 saturated carbocycles. The molecular weight excluding hydrogens is 988 g/mol. The Morgan fingerprint density at radius 1 is 0.794 bits per heavy atom. The van der Waals surface area contributed by atoms with E-state index in [4.69, 9.17) is 27.6 Å². The SMILES string of the molecule is O=C(O)c1c(Br)c(Br)c(Br)c(Br)c1-c1c2cc(Cl)c(O)c(I)c2[o+]c2c(I)c(O)c(Cl)cc12.[Na+]. The van der Waals surface area contributed by atoms with E-state index in [1.54, 1.807) is 0 Å². The van der Waals surface area contributed by atoms with Crippen LogP contribution in [0.4, 0.5) is 0 Å². The first-order chi connectivity index (χ1) is 15.4. The molecule has 3 N–H and O–H groups in total. The molecule has 4 rings (SSSR count). The molecule has 14 heteroatoms. The van der Waals surface area contributed by atoms with Gasteiger partial charge in [0.05, 0.1) is 26.4 Å². The summed E-state index contributed by atoms with van der Waals surface area (Å²) in [6.07, 6.45) is 0. The van der Waals surface area contributed by atoms with Crippen LogP contribution in [0.5, 0.6) is 11.5 Å². The van der Waals surface area contributed by atoms with Crippen LogP contribution in [0.15, 0.2) is 34.4 Å². The number of benzene rings is 3. The average Bonchev–Trinajstić information content (AvgIpc) is 2.76. The molecule has 0 fully saturated rings. The quantitative estimate of drug-likeness (QED) is 0.0494. The first-order valence-electron chi connectivity index (χ1n) is 8.45. The molecule has 0 aliphatic rings. The van der Waals surface area contributed by atoms with E-state index in [2.05, 4.69) is 63.7 Å². The molecule has 0 unspecified atom stereocenters. The Bertz CT molecular complexity index is 1500. The maximum atomic E-state index is 12.4. The Kier molecular flexibility index (Phi) is 9.88. The van der Waals surface area contributed by atoms with E-state index >= 15 is 0 Å². The van der Waals surface area contributed by atoms with Gasteiger partial charge in [-0.15, -0.1) is 0 Å². The normalized spacial score (nSPS) is 11.2. The maximum Gasteiger partial charge on any atom is 1.00 e. The number of carboxylic acid groups (broad SMARTS) is 1. The van der Waals surface area contributed by atoms with E-state index in [1.165, 1.54) is 12.1 Å². The molecule has 0 radical (unpaired) electrons. The Balaban J connectivity index is 0.00000324. The maximum absolute atomic E-state index is 12.4. The minimum absolute atomic E-state index is 0. The van der Waals surface area contributed by atoms with Crippen LogP contribution in [0, 0.1) is 7.14 Å². The number of fused-ring (bicyclic) bond motifs is 2. The third-order valence-electron chi connectivity index (χ3n) is 4.77. The summed E-state index contributed by atoms with van der Waals surface area (Å²) in [5.41, 5.74) is 1.23.